The van der Waals surface area contributed by atoms with Gasteiger partial charge in [0.05, 0.1) is 25.2 Å². The summed E-state index contributed by atoms with van der Waals surface area (Å²) in [5.74, 6) is -5.63. The lowest BCUT2D eigenvalue weighted by Gasteiger charge is -2.21. The molecule has 1 aliphatic rings. The Labute approximate surface area is 165 Å². The summed E-state index contributed by atoms with van der Waals surface area (Å²) in [6, 6.07) is 1.84. The largest absolute Gasteiger partial charge is 0.481 e. The second-order valence-electron chi connectivity index (χ2n) is 6.77. The van der Waals surface area contributed by atoms with E-state index in [0.29, 0.717) is 5.69 Å². The van der Waals surface area contributed by atoms with Gasteiger partial charge < -0.3 is 20.6 Å². The Balaban J connectivity index is 1.89. The third-order valence-electron chi connectivity index (χ3n) is 4.31. The molecule has 0 radical (unpaired) electrons. The van der Waals surface area contributed by atoms with Gasteiger partial charge in [-0.05, 0) is 19.1 Å². The van der Waals surface area contributed by atoms with Gasteiger partial charge in [0, 0.05) is 31.1 Å². The van der Waals surface area contributed by atoms with Crippen molar-refractivity contribution in [3.63, 3.8) is 0 Å². The molecule has 0 spiro atoms. The summed E-state index contributed by atoms with van der Waals surface area (Å²) in [5.41, 5.74) is 0.542. The topological polar surface area (TPSA) is 129 Å². The van der Waals surface area contributed by atoms with Crippen molar-refractivity contribution in [2.45, 2.75) is 44.7 Å². The molecule has 1 fully saturated rings. The minimum absolute atomic E-state index is 0.00306. The van der Waals surface area contributed by atoms with Crippen LogP contribution in [0.15, 0.2) is 18.3 Å². The van der Waals surface area contributed by atoms with E-state index in [0.717, 1.165) is 4.90 Å². The third-order valence-corrected chi connectivity index (χ3v) is 4.31. The molecule has 2 heterocycles. The molecule has 11 heteroatoms. The Morgan fingerprint density at radius 3 is 2.66 bits per heavy atom. The molecule has 158 valence electrons. The Morgan fingerprint density at radius 2 is 2.03 bits per heavy atom. The molecular weight excluding hydrogens is 390 g/mol. The summed E-state index contributed by atoms with van der Waals surface area (Å²) in [6.45, 7) is 0.693. The summed E-state index contributed by atoms with van der Waals surface area (Å²) in [6.07, 6.45) is 0.480. The van der Waals surface area contributed by atoms with Gasteiger partial charge >= 0.3 is 5.97 Å². The van der Waals surface area contributed by atoms with E-state index in [2.05, 4.69) is 15.6 Å². The zero-order chi connectivity index (χ0) is 21.6. The predicted molar refractivity (Wildman–Crippen MR) is 96.0 cm³/mol. The van der Waals surface area contributed by atoms with Crippen molar-refractivity contribution in [3.05, 3.63) is 29.6 Å². The molecule has 29 heavy (non-hydrogen) atoms. The summed E-state index contributed by atoms with van der Waals surface area (Å²) in [5, 5.41) is 13.5. The van der Waals surface area contributed by atoms with Crippen LogP contribution in [-0.2, 0) is 20.9 Å². The number of nitrogens with zero attached hydrogens (tertiary/aromatic N) is 2. The molecule has 3 N–H and O–H groups in total. The first-order chi connectivity index (χ1) is 13.6. The fraction of sp³-hybridized carbons (Fsp3) is 0.500. The van der Waals surface area contributed by atoms with Crippen molar-refractivity contribution in [2.24, 2.45) is 0 Å². The van der Waals surface area contributed by atoms with E-state index in [1.165, 1.54) is 25.3 Å². The smallest absolute Gasteiger partial charge is 0.303 e. The van der Waals surface area contributed by atoms with E-state index in [1.54, 1.807) is 0 Å². The normalized spacial score (nSPS) is 16.2. The van der Waals surface area contributed by atoms with E-state index >= 15 is 0 Å². The van der Waals surface area contributed by atoms with Crippen LogP contribution in [0.1, 0.15) is 42.2 Å². The van der Waals surface area contributed by atoms with E-state index in [-0.39, 0.29) is 31.5 Å². The number of aromatic nitrogens is 1. The lowest BCUT2D eigenvalue weighted by atomic mass is 10.2. The highest BCUT2D eigenvalue weighted by Gasteiger charge is 2.41. The number of carbonyl (C=O) groups is 4. The molecule has 0 unspecified atom stereocenters. The number of amides is 3. The molecule has 9 nitrogen and oxygen atoms in total. The van der Waals surface area contributed by atoms with E-state index in [9.17, 15) is 28.0 Å². The summed E-state index contributed by atoms with van der Waals surface area (Å²) in [7, 11) is 0. The zero-order valence-electron chi connectivity index (χ0n) is 15.8. The maximum Gasteiger partial charge on any atom is 0.303 e. The highest BCUT2D eigenvalue weighted by Crippen LogP contribution is 2.27. The number of aliphatic carboxylic acids is 1. The van der Waals surface area contributed by atoms with Crippen molar-refractivity contribution >= 4 is 23.7 Å². The van der Waals surface area contributed by atoms with Crippen LogP contribution in [0.2, 0.25) is 0 Å². The van der Waals surface area contributed by atoms with Gasteiger partial charge in [0.2, 0.25) is 11.8 Å². The van der Waals surface area contributed by atoms with Crippen LogP contribution < -0.4 is 10.6 Å². The van der Waals surface area contributed by atoms with Gasteiger partial charge in [-0.1, -0.05) is 0 Å². The molecule has 1 aromatic heterocycles. The molecule has 1 saturated heterocycles. The molecule has 0 aliphatic carbocycles. The van der Waals surface area contributed by atoms with Gasteiger partial charge in [-0.15, -0.1) is 0 Å². The molecule has 2 rings (SSSR count). The Hall–Kier alpha value is -3.11. The van der Waals surface area contributed by atoms with Crippen LogP contribution in [0.3, 0.4) is 0 Å². The summed E-state index contributed by atoms with van der Waals surface area (Å²) < 4.78 is 26.5. The first-order valence-electron chi connectivity index (χ1n) is 8.98. The molecule has 3 amide bonds. The molecular formula is C18H22F2N4O5. The van der Waals surface area contributed by atoms with Crippen LogP contribution in [0.25, 0.3) is 0 Å². The van der Waals surface area contributed by atoms with Crippen molar-refractivity contribution in [1.29, 1.82) is 0 Å². The van der Waals surface area contributed by atoms with Crippen LogP contribution in [-0.4, -0.2) is 63.7 Å². The lowest BCUT2D eigenvalue weighted by molar-refractivity contribution is -0.138. The molecule has 0 bridgehead atoms. The minimum Gasteiger partial charge on any atom is -0.481 e. The number of carbonyl (C=O) groups excluding carboxylic acids is 3. The second-order valence-corrected chi connectivity index (χ2v) is 6.77. The molecule has 0 saturated carbocycles. The molecule has 1 aromatic rings. The van der Waals surface area contributed by atoms with Gasteiger partial charge in [-0.25, -0.2) is 8.78 Å². The quantitative estimate of drug-likeness (QED) is 0.572. The lowest BCUT2D eigenvalue weighted by Crippen LogP contribution is -2.46. The first kappa shape index (κ1) is 22.2. The predicted octanol–water partition coefficient (Wildman–Crippen LogP) is 0.549. The van der Waals surface area contributed by atoms with Gasteiger partial charge in [0.1, 0.15) is 6.04 Å². The number of carboxylic acids is 1. The number of alkyl halides is 2. The van der Waals surface area contributed by atoms with Crippen LogP contribution in [0.4, 0.5) is 8.78 Å². The maximum absolute atomic E-state index is 13.3. The van der Waals surface area contributed by atoms with Crippen LogP contribution in [0, 0.1) is 0 Å². The average molecular weight is 412 g/mol. The number of rotatable bonds is 8. The summed E-state index contributed by atoms with van der Waals surface area (Å²) in [4.78, 5) is 51.6. The maximum atomic E-state index is 13.3. The van der Waals surface area contributed by atoms with Crippen molar-refractivity contribution in [2.75, 3.05) is 13.1 Å². The monoisotopic (exact) mass is 412 g/mol. The standard InChI is InChI=1S/C18H22F2N4O5/c1-11(17(29)24-7-5-18(19,20)10-24)23-16(28)12-4-6-21-13(8-12)9-22-14(25)2-3-15(26)27/h4,6,8,11H,2-3,5,7,9-10H2,1H3,(H,22,25)(H,23,28)(H,26,27)/t11-/m1/s1. The number of hydrogen-bond acceptors (Lipinski definition) is 5. The van der Waals surface area contributed by atoms with Crippen LogP contribution >= 0.6 is 0 Å². The Morgan fingerprint density at radius 1 is 1.31 bits per heavy atom. The van der Waals surface area contributed by atoms with E-state index in [4.69, 9.17) is 5.11 Å². The number of hydrogen-bond donors (Lipinski definition) is 3. The van der Waals surface area contributed by atoms with Gasteiger partial charge in [0.15, 0.2) is 0 Å². The number of carboxylic acid groups (broad SMARTS) is 1. The van der Waals surface area contributed by atoms with E-state index < -0.39 is 48.6 Å². The Bertz CT molecular complexity index is 802. The second kappa shape index (κ2) is 9.39. The van der Waals surface area contributed by atoms with E-state index in [1.807, 2.05) is 0 Å². The highest BCUT2D eigenvalue weighted by molar-refractivity contribution is 5.97. The van der Waals surface area contributed by atoms with Crippen molar-refractivity contribution in [1.82, 2.24) is 20.5 Å². The Kier molecular flexibility index (Phi) is 7.18. The highest BCUT2D eigenvalue weighted by atomic mass is 19.3. The van der Waals surface area contributed by atoms with Gasteiger partial charge in [-0.2, -0.15) is 0 Å². The average Bonchev–Trinajstić information content (AvgIpc) is 3.03. The zero-order valence-corrected chi connectivity index (χ0v) is 15.8. The fourth-order valence-corrected chi connectivity index (χ4v) is 2.75. The van der Waals surface area contributed by atoms with Crippen molar-refractivity contribution in [3.8, 4) is 0 Å². The SMILES string of the molecule is C[C@@H](NC(=O)c1ccnc(CNC(=O)CCC(=O)O)c1)C(=O)N1CCC(F)(F)C1. The molecule has 1 atom stereocenters. The summed E-state index contributed by atoms with van der Waals surface area (Å²) >= 11 is 0. The first-order valence-corrected chi connectivity index (χ1v) is 8.98. The number of halogens is 2. The van der Waals surface area contributed by atoms with Gasteiger partial charge in [0.25, 0.3) is 11.8 Å². The van der Waals surface area contributed by atoms with Crippen LogP contribution in [0.5, 0.6) is 0 Å². The minimum atomic E-state index is -2.91. The van der Waals surface area contributed by atoms with Crippen molar-refractivity contribution < 1.29 is 33.1 Å². The number of nitrogens with one attached hydrogen (secondary N) is 2. The number of likely N-dealkylation sites (tertiary alicyclic amines) is 1. The fourth-order valence-electron chi connectivity index (χ4n) is 2.75. The third kappa shape index (κ3) is 6.77. The number of pyridine rings is 1. The molecule has 1 aliphatic heterocycles. The molecule has 0 aromatic carbocycles. The van der Waals surface area contributed by atoms with Gasteiger partial charge in [-0.3, -0.25) is 24.2 Å².